The van der Waals surface area contributed by atoms with Crippen molar-refractivity contribution in [1.29, 1.82) is 0 Å². The molecule has 0 fully saturated rings. The summed E-state index contributed by atoms with van der Waals surface area (Å²) in [5, 5.41) is 8.54. The molecule has 0 bridgehead atoms. The van der Waals surface area contributed by atoms with Crippen LogP contribution in [-0.4, -0.2) is 21.6 Å². The molecule has 236 valence electrons. The van der Waals surface area contributed by atoms with E-state index in [2.05, 4.69) is 175 Å². The van der Waals surface area contributed by atoms with Crippen LogP contribution in [0.5, 0.6) is 0 Å². The number of hydrogen-bond acceptors (Lipinski definition) is 0. The molecule has 0 saturated heterocycles. The van der Waals surface area contributed by atoms with Crippen LogP contribution >= 0.6 is 0 Å². The first-order chi connectivity index (χ1) is 21.7. The Kier molecular flexibility index (Phi) is 12.4. The molecular weight excluding hydrogens is 680 g/mol. The molecule has 0 amide bonds. The summed E-state index contributed by atoms with van der Waals surface area (Å²) < 4.78 is 0. The van der Waals surface area contributed by atoms with Crippen molar-refractivity contribution < 1.29 is 23.3 Å². The van der Waals surface area contributed by atoms with Crippen LogP contribution in [0.2, 0.25) is 52.4 Å². The zero-order valence-electron chi connectivity index (χ0n) is 29.8. The van der Waals surface area contributed by atoms with E-state index in [1.54, 1.807) is 23.3 Å². The minimum atomic E-state index is -1.21. The van der Waals surface area contributed by atoms with Gasteiger partial charge in [-0.3, -0.25) is 0 Å². The summed E-state index contributed by atoms with van der Waals surface area (Å²) in [5.41, 5.74) is 8.44. The van der Waals surface area contributed by atoms with Crippen LogP contribution in [-0.2, 0) is 36.2 Å². The number of rotatable bonds is 6. The quantitative estimate of drug-likeness (QED) is 0.118. The number of aryl methyl sites for hydroxylation is 2. The average Bonchev–Trinajstić information content (AvgIpc) is 3.64. The van der Waals surface area contributed by atoms with Gasteiger partial charge in [0.15, 0.2) is 0 Å². The van der Waals surface area contributed by atoms with Crippen molar-refractivity contribution in [3.8, 4) is 22.3 Å². The van der Waals surface area contributed by atoms with Gasteiger partial charge in [-0.15, -0.1) is 69.1 Å². The van der Waals surface area contributed by atoms with Crippen LogP contribution < -0.4 is 10.4 Å². The van der Waals surface area contributed by atoms with E-state index in [-0.39, 0.29) is 5.43 Å². The van der Waals surface area contributed by atoms with E-state index >= 15 is 0 Å². The van der Waals surface area contributed by atoms with Gasteiger partial charge in [0.05, 0.1) is 16.1 Å². The van der Waals surface area contributed by atoms with E-state index < -0.39 is 16.1 Å². The van der Waals surface area contributed by atoms with Crippen LogP contribution in [0.4, 0.5) is 0 Å². The van der Waals surface area contributed by atoms with Crippen LogP contribution in [0.25, 0.3) is 43.8 Å². The molecule has 6 aromatic carbocycles. The van der Waals surface area contributed by atoms with Gasteiger partial charge in [0, 0.05) is 0 Å². The van der Waals surface area contributed by atoms with Gasteiger partial charge in [-0.1, -0.05) is 135 Å². The first-order valence-corrected chi connectivity index (χ1v) is 30.0. The van der Waals surface area contributed by atoms with E-state index in [9.17, 15) is 0 Å². The summed E-state index contributed by atoms with van der Waals surface area (Å²) in [5.74, 6) is 0. The van der Waals surface area contributed by atoms with Crippen molar-refractivity contribution in [1.82, 2.24) is 0 Å². The normalized spacial score (nSPS) is 11.6. The second kappa shape index (κ2) is 15.7. The number of fused-ring (bicyclic) bond motifs is 2. The molecule has 0 spiro atoms. The molecule has 6 rings (SSSR count). The average molecular weight is 732 g/mol. The van der Waals surface area contributed by atoms with E-state index in [0.29, 0.717) is 0 Å². The SMILES string of the molecule is CCc1cc2c(-c3ccc([Si](C)(C)C)cc3)cccc2[cH-]1.CCc1cc2c(-c3ccc([Si](C)(C)C)cc3)cccc2[cH-]1.C[Si](C)=[Zr+2]. The molecule has 0 unspecified atom stereocenters. The van der Waals surface area contributed by atoms with Gasteiger partial charge in [0.1, 0.15) is 0 Å². The van der Waals surface area contributed by atoms with Gasteiger partial charge in [-0.25, -0.2) is 0 Å². The molecule has 0 N–H and O–H groups in total. The van der Waals surface area contributed by atoms with Crippen LogP contribution in [0.3, 0.4) is 0 Å². The van der Waals surface area contributed by atoms with Crippen molar-refractivity contribution in [2.75, 3.05) is 0 Å². The summed E-state index contributed by atoms with van der Waals surface area (Å²) in [6, 6.07) is 41.0. The first-order valence-electron chi connectivity index (χ1n) is 16.8. The Morgan fingerprint density at radius 3 is 1.15 bits per heavy atom. The molecule has 0 aliphatic rings. The number of hydrogen-bond donors (Lipinski definition) is 0. The maximum absolute atomic E-state index is 2.40. The van der Waals surface area contributed by atoms with Crippen LogP contribution in [0, 0.1) is 0 Å². The Hall–Kier alpha value is -2.37. The van der Waals surface area contributed by atoms with Crippen LogP contribution in [0.15, 0.2) is 109 Å². The zero-order chi connectivity index (χ0) is 33.6. The van der Waals surface area contributed by atoms with Gasteiger partial charge in [0.25, 0.3) is 0 Å². The molecule has 6 aromatic rings. The second-order valence-corrected chi connectivity index (χ2v) is 34.2. The molecule has 0 nitrogen and oxygen atoms in total. The third kappa shape index (κ3) is 9.37. The summed E-state index contributed by atoms with van der Waals surface area (Å²) in [7, 11) is -2.43. The third-order valence-electron chi connectivity index (χ3n) is 8.56. The van der Waals surface area contributed by atoms with Crippen molar-refractivity contribution in [3.05, 3.63) is 120 Å². The van der Waals surface area contributed by atoms with Crippen molar-refractivity contribution in [2.45, 2.75) is 79.1 Å². The van der Waals surface area contributed by atoms with E-state index in [0.717, 1.165) is 12.8 Å². The van der Waals surface area contributed by atoms with Gasteiger partial charge in [-0.05, 0) is 24.0 Å². The first kappa shape index (κ1) is 36.5. The topological polar surface area (TPSA) is 0 Å². The Morgan fingerprint density at radius 2 is 0.870 bits per heavy atom. The molecular formula is C42H52Si3Zr. The fraction of sp³-hybridized carbons (Fsp3) is 0.286. The third-order valence-corrected chi connectivity index (χ3v) is 12.7. The standard InChI is InChI=1S/2C20H23Si.C2H6Si.Zr/c2*1-5-15-13-17-7-6-8-19(20(17)14-15)16-9-11-18(12-10-16)21(2,3)4;1-3-2;/h2*6-14H,5H2,1-4H3;1-2H3;/q2*-1;;+2. The Morgan fingerprint density at radius 1 is 0.543 bits per heavy atom. The van der Waals surface area contributed by atoms with Gasteiger partial charge in [-0.2, -0.15) is 12.1 Å². The molecule has 0 atom stereocenters. The summed E-state index contributed by atoms with van der Waals surface area (Å²) in [6.07, 6.45) is 2.20. The molecule has 4 heteroatoms. The molecule has 0 aliphatic carbocycles. The Balaban J connectivity index is 0.000000187. The summed E-state index contributed by atoms with van der Waals surface area (Å²) in [4.78, 5) is 0. The second-order valence-electron chi connectivity index (χ2n) is 14.7. The van der Waals surface area contributed by atoms with E-state index in [1.807, 2.05) is 0 Å². The van der Waals surface area contributed by atoms with Gasteiger partial charge in [0.2, 0.25) is 0 Å². The van der Waals surface area contributed by atoms with Crippen molar-refractivity contribution in [3.63, 3.8) is 0 Å². The predicted molar refractivity (Wildman–Crippen MR) is 212 cm³/mol. The fourth-order valence-electron chi connectivity index (χ4n) is 5.80. The van der Waals surface area contributed by atoms with Gasteiger partial charge < -0.3 is 0 Å². The van der Waals surface area contributed by atoms with Crippen molar-refractivity contribution in [2.24, 2.45) is 0 Å². The molecule has 0 aromatic heterocycles. The molecule has 0 aliphatic heterocycles. The predicted octanol–water partition coefficient (Wildman–Crippen LogP) is 11.5. The van der Waals surface area contributed by atoms with E-state index in [1.165, 1.54) is 65.3 Å². The molecule has 46 heavy (non-hydrogen) atoms. The molecule has 0 heterocycles. The Labute approximate surface area is 296 Å². The van der Waals surface area contributed by atoms with Gasteiger partial charge >= 0.3 is 41.9 Å². The van der Waals surface area contributed by atoms with E-state index in [4.69, 9.17) is 0 Å². The van der Waals surface area contributed by atoms with Crippen LogP contribution in [0.1, 0.15) is 25.0 Å². The molecule has 0 radical (unpaired) electrons. The summed E-state index contributed by atoms with van der Waals surface area (Å²) >= 11 is 1.74. The maximum atomic E-state index is 2.40. The molecule has 0 saturated carbocycles. The number of benzene rings is 4. The Bertz CT molecular complexity index is 1750. The minimum absolute atomic E-state index is 0.210. The monoisotopic (exact) mass is 730 g/mol. The zero-order valence-corrected chi connectivity index (χ0v) is 35.3. The van der Waals surface area contributed by atoms with Crippen molar-refractivity contribution >= 4 is 53.5 Å². The summed E-state index contributed by atoms with van der Waals surface area (Å²) in [6.45, 7) is 23.4. The fourth-order valence-corrected chi connectivity index (χ4v) is 8.14.